The summed E-state index contributed by atoms with van der Waals surface area (Å²) in [7, 11) is 0. The Morgan fingerprint density at radius 2 is 1.82 bits per heavy atom. The van der Waals surface area contributed by atoms with Crippen LogP contribution >= 0.6 is 0 Å². The molecule has 0 bridgehead atoms. The summed E-state index contributed by atoms with van der Waals surface area (Å²) in [6, 6.07) is 0. The number of hydrogen-bond donors (Lipinski definition) is 2. The van der Waals surface area contributed by atoms with Gasteiger partial charge in [0.1, 0.15) is 5.60 Å². The second kappa shape index (κ2) is 6.80. The summed E-state index contributed by atoms with van der Waals surface area (Å²) in [5, 5.41) is 22.8. The van der Waals surface area contributed by atoms with Crippen LogP contribution in [0.15, 0.2) is 0 Å². The lowest BCUT2D eigenvalue weighted by atomic mass is 9.43. The number of carbonyl (C=O) groups excluding carboxylic acids is 2. The Morgan fingerprint density at radius 3 is 2.54 bits per heavy atom. The molecule has 4 rings (SSSR count). The molecule has 4 aliphatic carbocycles. The summed E-state index contributed by atoms with van der Waals surface area (Å²) in [4.78, 5) is 24.0. The monoisotopic (exact) mass is 392 g/mol. The lowest BCUT2D eigenvalue weighted by molar-refractivity contribution is -0.199. The second-order valence-corrected chi connectivity index (χ2v) is 10.6. The Hall–Kier alpha value is -0.940. The molecule has 5 unspecified atom stereocenters. The molecular formula is C23H36O5. The van der Waals surface area contributed by atoms with Crippen molar-refractivity contribution in [3.63, 3.8) is 0 Å². The number of fused-ring (bicyclic) bond motifs is 5. The summed E-state index contributed by atoms with van der Waals surface area (Å²) in [6.07, 6.45) is 8.51. The van der Waals surface area contributed by atoms with Crippen LogP contribution in [-0.2, 0) is 14.3 Å². The van der Waals surface area contributed by atoms with Gasteiger partial charge in [0.15, 0.2) is 6.61 Å². The SMILES string of the molecule is CC(=O)OCC(=O)[C@@]1(O)CCC2C3CCC4CCCC[C@]4(C)C3C(O)C[C@@]21C. The second-order valence-electron chi connectivity index (χ2n) is 10.6. The van der Waals surface area contributed by atoms with Gasteiger partial charge in [-0.3, -0.25) is 9.59 Å². The van der Waals surface area contributed by atoms with Crippen molar-refractivity contribution in [3.8, 4) is 0 Å². The fourth-order valence-electron chi connectivity index (χ4n) is 8.17. The minimum absolute atomic E-state index is 0.185. The van der Waals surface area contributed by atoms with Crippen LogP contribution in [-0.4, -0.2) is 40.3 Å². The van der Waals surface area contributed by atoms with E-state index in [0.29, 0.717) is 24.7 Å². The summed E-state index contributed by atoms with van der Waals surface area (Å²) >= 11 is 0. The van der Waals surface area contributed by atoms with E-state index in [0.717, 1.165) is 12.8 Å². The molecule has 0 aromatic heterocycles. The molecule has 5 heteroatoms. The quantitative estimate of drug-likeness (QED) is 0.720. The Balaban J connectivity index is 1.63. The van der Waals surface area contributed by atoms with Crippen molar-refractivity contribution in [1.29, 1.82) is 0 Å². The lowest BCUT2D eigenvalue weighted by Gasteiger charge is -2.62. The Labute approximate surface area is 168 Å². The predicted molar refractivity (Wildman–Crippen MR) is 104 cm³/mol. The number of aliphatic hydroxyl groups excluding tert-OH is 1. The molecule has 0 heterocycles. The standard InChI is InChI=1S/C23H36O5/c1-14(24)28-13-19(26)23(27)11-9-17-16-8-7-15-6-4-5-10-21(15,2)20(16)18(25)12-22(17,23)3/h15-18,20,25,27H,4-13H2,1-3H3/t15?,16?,17?,18?,20?,21-,22-,23-/m0/s1. The molecule has 4 aliphatic rings. The first-order valence-corrected chi connectivity index (χ1v) is 11.2. The fraction of sp³-hybridized carbons (Fsp3) is 0.913. The minimum Gasteiger partial charge on any atom is -0.458 e. The van der Waals surface area contributed by atoms with Crippen LogP contribution in [0.1, 0.15) is 78.6 Å². The van der Waals surface area contributed by atoms with Crippen molar-refractivity contribution in [1.82, 2.24) is 0 Å². The van der Waals surface area contributed by atoms with E-state index in [4.69, 9.17) is 4.74 Å². The van der Waals surface area contributed by atoms with Crippen LogP contribution in [0.2, 0.25) is 0 Å². The van der Waals surface area contributed by atoms with E-state index < -0.39 is 28.9 Å². The largest absolute Gasteiger partial charge is 0.458 e. The fourth-order valence-corrected chi connectivity index (χ4v) is 8.17. The number of carbonyl (C=O) groups is 2. The Morgan fingerprint density at radius 1 is 1.07 bits per heavy atom. The lowest BCUT2D eigenvalue weighted by Crippen LogP contribution is -2.63. The van der Waals surface area contributed by atoms with Gasteiger partial charge in [-0.2, -0.15) is 0 Å². The number of Topliss-reactive ketones (excluding diaryl/α,β-unsaturated/α-hetero) is 1. The molecule has 0 aromatic rings. The topological polar surface area (TPSA) is 83.8 Å². The van der Waals surface area contributed by atoms with E-state index in [1.165, 1.54) is 39.0 Å². The third-order valence-corrected chi connectivity index (χ3v) is 9.53. The average Bonchev–Trinajstić information content (AvgIpc) is 2.90. The highest BCUT2D eigenvalue weighted by molar-refractivity contribution is 5.90. The van der Waals surface area contributed by atoms with Gasteiger partial charge in [0.2, 0.25) is 5.78 Å². The molecule has 0 spiro atoms. The van der Waals surface area contributed by atoms with E-state index in [9.17, 15) is 19.8 Å². The van der Waals surface area contributed by atoms with Crippen LogP contribution in [0.25, 0.3) is 0 Å². The van der Waals surface area contributed by atoms with Gasteiger partial charge in [-0.25, -0.2) is 0 Å². The molecule has 0 aliphatic heterocycles. The van der Waals surface area contributed by atoms with Gasteiger partial charge < -0.3 is 14.9 Å². The summed E-state index contributed by atoms with van der Waals surface area (Å²) in [5.74, 6) is 0.665. The highest BCUT2D eigenvalue weighted by Crippen LogP contribution is 2.68. The number of esters is 1. The van der Waals surface area contributed by atoms with Gasteiger partial charge in [0, 0.05) is 12.3 Å². The van der Waals surface area contributed by atoms with Gasteiger partial charge >= 0.3 is 5.97 Å². The number of ether oxygens (including phenoxy) is 1. The molecule has 0 aromatic carbocycles. The zero-order valence-electron chi connectivity index (χ0n) is 17.6. The summed E-state index contributed by atoms with van der Waals surface area (Å²) in [6.45, 7) is 5.28. The van der Waals surface area contributed by atoms with Crippen molar-refractivity contribution >= 4 is 11.8 Å². The van der Waals surface area contributed by atoms with Crippen molar-refractivity contribution < 1.29 is 24.5 Å². The van der Waals surface area contributed by atoms with E-state index >= 15 is 0 Å². The molecule has 0 amide bonds. The third-order valence-electron chi connectivity index (χ3n) is 9.53. The molecule has 2 N–H and O–H groups in total. The maximum atomic E-state index is 12.9. The van der Waals surface area contributed by atoms with Gasteiger partial charge in [-0.1, -0.05) is 26.7 Å². The van der Waals surface area contributed by atoms with Crippen LogP contribution in [0, 0.1) is 34.5 Å². The van der Waals surface area contributed by atoms with E-state index in [1.54, 1.807) is 0 Å². The van der Waals surface area contributed by atoms with Gasteiger partial charge in [0.25, 0.3) is 0 Å². The van der Waals surface area contributed by atoms with Crippen LogP contribution in [0.5, 0.6) is 0 Å². The molecule has 4 saturated carbocycles. The zero-order chi connectivity index (χ0) is 20.3. The molecule has 4 fully saturated rings. The molecular weight excluding hydrogens is 356 g/mol. The minimum atomic E-state index is -1.51. The molecule has 5 nitrogen and oxygen atoms in total. The van der Waals surface area contributed by atoms with Crippen LogP contribution in [0.4, 0.5) is 0 Å². The first-order valence-electron chi connectivity index (χ1n) is 11.2. The summed E-state index contributed by atoms with van der Waals surface area (Å²) in [5.41, 5.74) is -1.98. The smallest absolute Gasteiger partial charge is 0.303 e. The number of rotatable bonds is 3. The first-order chi connectivity index (χ1) is 13.1. The number of hydrogen-bond acceptors (Lipinski definition) is 5. The maximum absolute atomic E-state index is 12.9. The first kappa shape index (κ1) is 20.3. The third kappa shape index (κ3) is 2.72. The van der Waals surface area contributed by atoms with Crippen LogP contribution in [0.3, 0.4) is 0 Å². The molecule has 0 radical (unpaired) electrons. The van der Waals surface area contributed by atoms with E-state index in [1.807, 2.05) is 6.92 Å². The van der Waals surface area contributed by atoms with Crippen molar-refractivity contribution in [2.45, 2.75) is 90.3 Å². The Kier molecular flexibility index (Phi) is 4.94. The number of ketones is 1. The molecule has 158 valence electrons. The normalized spacial score (nSPS) is 50.2. The Bertz CT molecular complexity index is 661. The molecule has 8 atom stereocenters. The van der Waals surface area contributed by atoms with Gasteiger partial charge in [0.05, 0.1) is 6.10 Å². The van der Waals surface area contributed by atoms with Crippen molar-refractivity contribution in [2.75, 3.05) is 6.61 Å². The van der Waals surface area contributed by atoms with Gasteiger partial charge in [-0.15, -0.1) is 0 Å². The highest BCUT2D eigenvalue weighted by Gasteiger charge is 2.68. The highest BCUT2D eigenvalue weighted by atomic mass is 16.5. The van der Waals surface area contributed by atoms with Crippen LogP contribution < -0.4 is 0 Å². The molecule has 0 saturated heterocycles. The predicted octanol–water partition coefficient (Wildman–Crippen LogP) is 3.25. The summed E-state index contributed by atoms with van der Waals surface area (Å²) < 4.78 is 4.92. The van der Waals surface area contributed by atoms with Crippen molar-refractivity contribution in [2.24, 2.45) is 34.5 Å². The maximum Gasteiger partial charge on any atom is 0.303 e. The molecule has 28 heavy (non-hydrogen) atoms. The zero-order valence-corrected chi connectivity index (χ0v) is 17.6. The van der Waals surface area contributed by atoms with E-state index in [2.05, 4.69) is 6.92 Å². The van der Waals surface area contributed by atoms with Gasteiger partial charge in [-0.05, 0) is 74.0 Å². The average molecular weight is 393 g/mol. The van der Waals surface area contributed by atoms with E-state index in [-0.39, 0.29) is 23.9 Å². The van der Waals surface area contributed by atoms with Crippen molar-refractivity contribution in [3.05, 3.63) is 0 Å². The number of aliphatic hydroxyl groups is 2.